The first-order valence-electron chi connectivity index (χ1n) is 5.61. The molecule has 1 nitrogen and oxygen atoms in total. The van der Waals surface area contributed by atoms with E-state index in [2.05, 4.69) is 44.6 Å². The van der Waals surface area contributed by atoms with Crippen molar-refractivity contribution in [1.82, 2.24) is 0 Å². The molecule has 0 unspecified atom stereocenters. The quantitative estimate of drug-likeness (QED) is 0.656. The minimum atomic E-state index is 0.568. The smallest absolute Gasteiger partial charge is 0.0654 e. The lowest BCUT2D eigenvalue weighted by molar-refractivity contribution is 0.568. The molecule has 0 spiro atoms. The summed E-state index contributed by atoms with van der Waals surface area (Å²) in [4.78, 5) is 4.07. The van der Waals surface area contributed by atoms with Crippen LogP contribution in [0.2, 0.25) is 0 Å². The summed E-state index contributed by atoms with van der Waals surface area (Å²) in [5.41, 5.74) is 5.68. The fourth-order valence-corrected chi connectivity index (χ4v) is 2.09. The molecule has 0 N–H and O–H groups in total. The topological polar surface area (TPSA) is 12.4 Å². The van der Waals surface area contributed by atoms with Gasteiger partial charge in [0.2, 0.25) is 0 Å². The SMILES string of the molecule is C=Nc1cc(CC2(C)CC2)c(C)cc1C. The van der Waals surface area contributed by atoms with Gasteiger partial charge in [0.1, 0.15) is 0 Å². The summed E-state index contributed by atoms with van der Waals surface area (Å²) in [7, 11) is 0. The van der Waals surface area contributed by atoms with E-state index in [4.69, 9.17) is 0 Å². The van der Waals surface area contributed by atoms with Crippen LogP contribution >= 0.6 is 0 Å². The molecule has 80 valence electrons. The molecule has 0 heterocycles. The Bertz CT molecular complexity index is 400. The lowest BCUT2D eigenvalue weighted by Gasteiger charge is -2.13. The predicted molar refractivity (Wildman–Crippen MR) is 66.2 cm³/mol. The van der Waals surface area contributed by atoms with Crippen LogP contribution in [-0.4, -0.2) is 6.72 Å². The summed E-state index contributed by atoms with van der Waals surface area (Å²) >= 11 is 0. The van der Waals surface area contributed by atoms with Gasteiger partial charge in [-0.1, -0.05) is 13.0 Å². The molecule has 0 aromatic heterocycles. The number of rotatable bonds is 3. The van der Waals surface area contributed by atoms with Crippen molar-refractivity contribution in [3.8, 4) is 0 Å². The number of nitrogens with zero attached hydrogens (tertiary/aromatic N) is 1. The van der Waals surface area contributed by atoms with E-state index in [1.54, 1.807) is 0 Å². The summed E-state index contributed by atoms with van der Waals surface area (Å²) in [5, 5.41) is 0. The van der Waals surface area contributed by atoms with E-state index < -0.39 is 0 Å². The Morgan fingerprint density at radius 1 is 1.27 bits per heavy atom. The van der Waals surface area contributed by atoms with Gasteiger partial charge in [0.15, 0.2) is 0 Å². The van der Waals surface area contributed by atoms with Crippen LogP contribution in [0.4, 0.5) is 5.69 Å². The second-order valence-corrected chi connectivity index (χ2v) is 5.21. The normalized spacial score (nSPS) is 17.5. The molecule has 0 aliphatic heterocycles. The van der Waals surface area contributed by atoms with Crippen molar-refractivity contribution in [3.05, 3.63) is 28.8 Å². The molecule has 1 heteroatoms. The number of benzene rings is 1. The maximum absolute atomic E-state index is 4.07. The van der Waals surface area contributed by atoms with Gasteiger partial charge in [-0.3, -0.25) is 4.99 Å². The molecular weight excluding hydrogens is 182 g/mol. The molecule has 0 saturated heterocycles. The molecule has 1 fully saturated rings. The molecule has 0 amide bonds. The third-order valence-corrected chi connectivity index (χ3v) is 3.55. The lowest BCUT2D eigenvalue weighted by atomic mass is 9.93. The zero-order chi connectivity index (χ0) is 11.1. The van der Waals surface area contributed by atoms with E-state index in [1.165, 1.54) is 36.0 Å². The average molecular weight is 201 g/mol. The van der Waals surface area contributed by atoms with Crippen molar-refractivity contribution in [2.45, 2.75) is 40.0 Å². The van der Waals surface area contributed by atoms with Crippen LogP contribution in [0.25, 0.3) is 0 Å². The number of aryl methyl sites for hydroxylation is 2. The molecule has 1 aromatic carbocycles. The van der Waals surface area contributed by atoms with Crippen LogP contribution in [0.3, 0.4) is 0 Å². The van der Waals surface area contributed by atoms with E-state index in [1.807, 2.05) is 0 Å². The molecule has 15 heavy (non-hydrogen) atoms. The fourth-order valence-electron chi connectivity index (χ4n) is 2.09. The van der Waals surface area contributed by atoms with Gasteiger partial charge in [0.05, 0.1) is 5.69 Å². The Morgan fingerprint density at radius 3 is 2.47 bits per heavy atom. The van der Waals surface area contributed by atoms with Crippen molar-refractivity contribution in [2.24, 2.45) is 10.4 Å². The molecule has 2 rings (SSSR count). The summed E-state index contributed by atoms with van der Waals surface area (Å²) in [6.45, 7) is 10.3. The Balaban J connectivity index is 2.33. The maximum atomic E-state index is 4.07. The van der Waals surface area contributed by atoms with Crippen LogP contribution in [0.15, 0.2) is 17.1 Å². The zero-order valence-corrected chi connectivity index (χ0v) is 9.93. The monoisotopic (exact) mass is 201 g/mol. The molecule has 1 aromatic rings. The average Bonchev–Trinajstić information content (AvgIpc) is 2.89. The molecule has 1 aliphatic rings. The van der Waals surface area contributed by atoms with Gasteiger partial charge in [-0.25, -0.2) is 0 Å². The molecule has 1 aliphatic carbocycles. The van der Waals surface area contributed by atoms with Crippen molar-refractivity contribution in [2.75, 3.05) is 0 Å². The van der Waals surface area contributed by atoms with Crippen LogP contribution < -0.4 is 0 Å². The van der Waals surface area contributed by atoms with Crippen LogP contribution in [0.5, 0.6) is 0 Å². The first-order chi connectivity index (χ1) is 7.04. The van der Waals surface area contributed by atoms with Gasteiger partial charge in [-0.15, -0.1) is 0 Å². The second-order valence-electron chi connectivity index (χ2n) is 5.21. The van der Waals surface area contributed by atoms with Gasteiger partial charge < -0.3 is 0 Å². The van der Waals surface area contributed by atoms with E-state index in [0.717, 1.165) is 5.69 Å². The summed E-state index contributed by atoms with van der Waals surface area (Å²) in [6.07, 6.45) is 3.94. The van der Waals surface area contributed by atoms with E-state index in [0.29, 0.717) is 5.41 Å². The van der Waals surface area contributed by atoms with Crippen molar-refractivity contribution >= 4 is 12.4 Å². The highest BCUT2D eigenvalue weighted by atomic mass is 14.7. The van der Waals surface area contributed by atoms with Crippen molar-refractivity contribution in [1.29, 1.82) is 0 Å². The summed E-state index contributed by atoms with van der Waals surface area (Å²) < 4.78 is 0. The van der Waals surface area contributed by atoms with Gasteiger partial charge in [-0.05, 0) is 68.0 Å². The molecule has 1 saturated carbocycles. The van der Waals surface area contributed by atoms with Gasteiger partial charge >= 0.3 is 0 Å². The molecule has 0 bridgehead atoms. The number of hydrogen-bond acceptors (Lipinski definition) is 1. The Kier molecular flexibility index (Phi) is 2.41. The molecule has 0 atom stereocenters. The van der Waals surface area contributed by atoms with E-state index in [9.17, 15) is 0 Å². The minimum absolute atomic E-state index is 0.568. The van der Waals surface area contributed by atoms with Crippen LogP contribution in [-0.2, 0) is 6.42 Å². The lowest BCUT2D eigenvalue weighted by Crippen LogP contribution is -2.01. The second kappa shape index (κ2) is 3.48. The van der Waals surface area contributed by atoms with E-state index in [-0.39, 0.29) is 0 Å². The first kappa shape index (κ1) is 10.4. The van der Waals surface area contributed by atoms with Gasteiger partial charge in [0.25, 0.3) is 0 Å². The minimum Gasteiger partial charge on any atom is -0.264 e. The van der Waals surface area contributed by atoms with Crippen molar-refractivity contribution < 1.29 is 0 Å². The standard InChI is InChI=1S/C14H19N/c1-10-7-11(2)13(15-4)8-12(10)9-14(3)5-6-14/h7-8H,4-6,9H2,1-3H3. The van der Waals surface area contributed by atoms with Gasteiger partial charge in [-0.2, -0.15) is 0 Å². The Hall–Kier alpha value is -1.11. The Labute approximate surface area is 92.2 Å². The molecule has 0 radical (unpaired) electrons. The number of hydrogen-bond donors (Lipinski definition) is 0. The number of aliphatic imine (C=N–C) groups is 1. The van der Waals surface area contributed by atoms with Crippen LogP contribution in [0.1, 0.15) is 36.5 Å². The zero-order valence-electron chi connectivity index (χ0n) is 9.93. The fraction of sp³-hybridized carbons (Fsp3) is 0.500. The molecular formula is C14H19N. The van der Waals surface area contributed by atoms with Crippen molar-refractivity contribution in [3.63, 3.8) is 0 Å². The predicted octanol–water partition coefficient (Wildman–Crippen LogP) is 3.98. The highest BCUT2D eigenvalue weighted by Crippen LogP contribution is 2.48. The highest BCUT2D eigenvalue weighted by molar-refractivity contribution is 5.55. The maximum Gasteiger partial charge on any atom is 0.0654 e. The third-order valence-electron chi connectivity index (χ3n) is 3.55. The summed E-state index contributed by atoms with van der Waals surface area (Å²) in [5.74, 6) is 0. The highest BCUT2D eigenvalue weighted by Gasteiger charge is 2.37. The Morgan fingerprint density at radius 2 is 1.93 bits per heavy atom. The summed E-state index contributed by atoms with van der Waals surface area (Å²) in [6, 6.07) is 4.44. The first-order valence-corrected chi connectivity index (χ1v) is 5.61. The van der Waals surface area contributed by atoms with E-state index >= 15 is 0 Å². The third kappa shape index (κ3) is 2.11. The van der Waals surface area contributed by atoms with Gasteiger partial charge in [0, 0.05) is 0 Å². The van der Waals surface area contributed by atoms with Crippen LogP contribution in [0, 0.1) is 19.3 Å². The largest absolute Gasteiger partial charge is 0.264 e.